The quantitative estimate of drug-likeness (QED) is 0.404. The van der Waals surface area contributed by atoms with Gasteiger partial charge in [0.2, 0.25) is 5.91 Å². The zero-order valence-electron chi connectivity index (χ0n) is 19.9. The van der Waals surface area contributed by atoms with E-state index in [1.807, 2.05) is 53.7 Å². The van der Waals surface area contributed by atoms with Crippen molar-refractivity contribution in [3.63, 3.8) is 0 Å². The van der Waals surface area contributed by atoms with Crippen molar-refractivity contribution < 1.29 is 14.3 Å². The van der Waals surface area contributed by atoms with Crippen LogP contribution in [-0.2, 0) is 16.1 Å². The van der Waals surface area contributed by atoms with Gasteiger partial charge in [-0.25, -0.2) is 0 Å². The van der Waals surface area contributed by atoms with Crippen LogP contribution in [0.2, 0.25) is 10.0 Å². The lowest BCUT2D eigenvalue weighted by molar-refractivity contribution is -0.143. The zero-order valence-corrected chi connectivity index (χ0v) is 23.0. The Labute approximate surface area is 214 Å². The SMILES string of the molecule is CCC(C(=O)NC(C)(C)C)N(Cc1c(Cl)cccc1Cl)C(=O)COc1cc(C)c(Br)c(C)c1. The molecule has 2 amide bonds. The summed E-state index contributed by atoms with van der Waals surface area (Å²) in [6.07, 6.45) is 0.423. The molecule has 0 aromatic heterocycles. The summed E-state index contributed by atoms with van der Waals surface area (Å²) < 4.78 is 6.83. The summed E-state index contributed by atoms with van der Waals surface area (Å²) >= 11 is 16.3. The van der Waals surface area contributed by atoms with Gasteiger partial charge >= 0.3 is 0 Å². The fraction of sp³-hybridized carbons (Fsp3) is 0.440. The molecule has 1 N–H and O–H groups in total. The Morgan fingerprint density at radius 3 is 2.15 bits per heavy atom. The molecule has 0 spiro atoms. The van der Waals surface area contributed by atoms with Crippen LogP contribution in [-0.4, -0.2) is 34.9 Å². The van der Waals surface area contributed by atoms with Gasteiger partial charge in [-0.15, -0.1) is 0 Å². The van der Waals surface area contributed by atoms with Crippen LogP contribution in [0.25, 0.3) is 0 Å². The predicted octanol–water partition coefficient (Wildman–Crippen LogP) is 6.47. The highest BCUT2D eigenvalue weighted by molar-refractivity contribution is 9.10. The second-order valence-corrected chi connectivity index (χ2v) is 10.7. The molecule has 0 heterocycles. The normalized spacial score (nSPS) is 12.3. The minimum absolute atomic E-state index is 0.0924. The van der Waals surface area contributed by atoms with Crippen LogP contribution in [0.1, 0.15) is 50.8 Å². The van der Waals surface area contributed by atoms with Crippen molar-refractivity contribution in [2.45, 2.75) is 66.1 Å². The van der Waals surface area contributed by atoms with Crippen LogP contribution in [0.4, 0.5) is 0 Å². The van der Waals surface area contributed by atoms with E-state index in [9.17, 15) is 9.59 Å². The van der Waals surface area contributed by atoms with Gasteiger partial charge < -0.3 is 15.0 Å². The fourth-order valence-electron chi connectivity index (χ4n) is 3.44. The Morgan fingerprint density at radius 2 is 1.67 bits per heavy atom. The average Bonchev–Trinajstić information content (AvgIpc) is 2.70. The van der Waals surface area contributed by atoms with Crippen LogP contribution >= 0.6 is 39.1 Å². The molecule has 0 bridgehead atoms. The van der Waals surface area contributed by atoms with Gasteiger partial charge in [0.1, 0.15) is 11.8 Å². The highest BCUT2D eigenvalue weighted by Crippen LogP contribution is 2.28. The molecule has 5 nitrogen and oxygen atoms in total. The summed E-state index contributed by atoms with van der Waals surface area (Å²) in [5.41, 5.74) is 2.16. The first kappa shape index (κ1) is 27.5. The molecule has 0 saturated heterocycles. The lowest BCUT2D eigenvalue weighted by atomic mass is 10.1. The van der Waals surface area contributed by atoms with Crippen LogP contribution < -0.4 is 10.1 Å². The number of hydrogen-bond donors (Lipinski definition) is 1. The van der Waals surface area contributed by atoms with Gasteiger partial charge in [-0.1, -0.05) is 52.1 Å². The summed E-state index contributed by atoms with van der Waals surface area (Å²) in [5, 5.41) is 3.84. The number of carbonyl (C=O) groups is 2. The number of rotatable bonds is 8. The first-order valence-corrected chi connectivity index (χ1v) is 12.3. The Hall–Kier alpha value is -1.76. The standard InChI is InChI=1S/C25H31BrCl2N2O3/c1-7-21(24(32)29-25(4,5)6)30(13-18-19(27)9-8-10-20(18)28)22(31)14-33-17-11-15(2)23(26)16(3)12-17/h8-12,21H,7,13-14H2,1-6H3,(H,29,32). The molecule has 0 aliphatic rings. The molecule has 2 rings (SSSR count). The van der Waals surface area contributed by atoms with Crippen LogP contribution in [0.15, 0.2) is 34.8 Å². The number of carbonyl (C=O) groups excluding carboxylic acids is 2. The molecule has 0 aliphatic carbocycles. The molecule has 0 saturated carbocycles. The number of halogens is 3. The van der Waals surface area contributed by atoms with E-state index in [1.54, 1.807) is 18.2 Å². The fourth-order valence-corrected chi connectivity index (χ4v) is 4.19. The molecule has 2 aromatic rings. The molecule has 1 unspecified atom stereocenters. The lowest BCUT2D eigenvalue weighted by Crippen LogP contribution is -2.54. The van der Waals surface area contributed by atoms with Gasteiger partial charge in [0, 0.05) is 32.2 Å². The molecule has 8 heteroatoms. The molecular weight excluding hydrogens is 527 g/mol. The van der Waals surface area contributed by atoms with Gasteiger partial charge in [0.05, 0.1) is 0 Å². The van der Waals surface area contributed by atoms with Crippen molar-refractivity contribution in [3.8, 4) is 5.75 Å². The van der Waals surface area contributed by atoms with E-state index in [0.29, 0.717) is 27.8 Å². The number of aryl methyl sites for hydroxylation is 2. The predicted molar refractivity (Wildman–Crippen MR) is 138 cm³/mol. The largest absolute Gasteiger partial charge is 0.484 e. The molecular formula is C25H31BrCl2N2O3. The maximum absolute atomic E-state index is 13.4. The summed E-state index contributed by atoms with van der Waals surface area (Å²) in [4.78, 5) is 27.9. The van der Waals surface area contributed by atoms with Crippen LogP contribution in [0, 0.1) is 13.8 Å². The number of nitrogens with zero attached hydrogens (tertiary/aromatic N) is 1. The lowest BCUT2D eigenvalue weighted by Gasteiger charge is -2.33. The molecule has 1 atom stereocenters. The van der Waals surface area contributed by atoms with E-state index < -0.39 is 11.6 Å². The topological polar surface area (TPSA) is 58.6 Å². The highest BCUT2D eigenvalue weighted by Gasteiger charge is 2.31. The number of amides is 2. The third kappa shape index (κ3) is 7.62. The average molecular weight is 558 g/mol. The van der Waals surface area contributed by atoms with E-state index >= 15 is 0 Å². The summed E-state index contributed by atoms with van der Waals surface area (Å²) in [5.74, 6) is 0.0152. The van der Waals surface area contributed by atoms with Gasteiger partial charge in [-0.3, -0.25) is 9.59 Å². The van der Waals surface area contributed by atoms with Gasteiger partial charge in [-0.2, -0.15) is 0 Å². The number of nitrogens with one attached hydrogen (secondary N) is 1. The summed E-state index contributed by atoms with van der Waals surface area (Å²) in [6.45, 7) is 11.4. The second-order valence-electron chi connectivity index (χ2n) is 9.04. The smallest absolute Gasteiger partial charge is 0.261 e. The van der Waals surface area contributed by atoms with E-state index in [1.165, 1.54) is 4.90 Å². The number of ether oxygens (including phenoxy) is 1. The molecule has 2 aromatic carbocycles. The number of benzene rings is 2. The van der Waals surface area contributed by atoms with Crippen molar-refractivity contribution in [3.05, 3.63) is 61.5 Å². The molecule has 180 valence electrons. The van der Waals surface area contributed by atoms with Crippen LogP contribution in [0.5, 0.6) is 5.75 Å². The first-order valence-electron chi connectivity index (χ1n) is 10.8. The minimum Gasteiger partial charge on any atom is -0.484 e. The van der Waals surface area contributed by atoms with E-state index in [4.69, 9.17) is 27.9 Å². The Bertz CT molecular complexity index is 978. The Balaban J connectivity index is 2.34. The van der Waals surface area contributed by atoms with Gasteiger partial charge in [-0.05, 0) is 76.4 Å². The van der Waals surface area contributed by atoms with E-state index in [0.717, 1.165) is 15.6 Å². The van der Waals surface area contributed by atoms with E-state index in [-0.39, 0.29) is 25.0 Å². The monoisotopic (exact) mass is 556 g/mol. The number of hydrogen-bond acceptors (Lipinski definition) is 3. The molecule has 0 fully saturated rings. The first-order chi connectivity index (χ1) is 15.3. The van der Waals surface area contributed by atoms with E-state index in [2.05, 4.69) is 21.2 Å². The second kappa shape index (κ2) is 11.6. The summed E-state index contributed by atoms with van der Waals surface area (Å²) in [6, 6.07) is 8.19. The third-order valence-corrected chi connectivity index (χ3v) is 7.01. The van der Waals surface area contributed by atoms with Crippen molar-refractivity contribution in [2.24, 2.45) is 0 Å². The minimum atomic E-state index is -0.707. The Morgan fingerprint density at radius 1 is 1.12 bits per heavy atom. The zero-order chi connectivity index (χ0) is 24.9. The summed E-state index contributed by atoms with van der Waals surface area (Å²) in [7, 11) is 0. The van der Waals surface area contributed by atoms with Crippen LogP contribution in [0.3, 0.4) is 0 Å². The molecule has 33 heavy (non-hydrogen) atoms. The van der Waals surface area contributed by atoms with Crippen molar-refractivity contribution in [2.75, 3.05) is 6.61 Å². The Kier molecular flexibility index (Phi) is 9.65. The van der Waals surface area contributed by atoms with Gasteiger partial charge in [0.15, 0.2) is 6.61 Å². The highest BCUT2D eigenvalue weighted by atomic mass is 79.9. The maximum atomic E-state index is 13.4. The molecule has 0 aliphatic heterocycles. The van der Waals surface area contributed by atoms with Gasteiger partial charge in [0.25, 0.3) is 5.91 Å². The van der Waals surface area contributed by atoms with Crippen molar-refractivity contribution in [1.82, 2.24) is 10.2 Å². The maximum Gasteiger partial charge on any atom is 0.261 e. The third-order valence-electron chi connectivity index (χ3n) is 5.05. The van der Waals surface area contributed by atoms with Crippen molar-refractivity contribution in [1.29, 1.82) is 0 Å². The molecule has 0 radical (unpaired) electrons. The van der Waals surface area contributed by atoms with Crippen molar-refractivity contribution >= 4 is 50.9 Å².